The minimum atomic E-state index is 0.0862. The molecule has 808 valence electrons. The molecule has 2 unspecified atom stereocenters. The smallest absolute Gasteiger partial charge is 0.119 e. The quantitative estimate of drug-likeness (QED) is 0.0515. The predicted octanol–water partition coefficient (Wildman–Crippen LogP) is 18.9. The highest BCUT2D eigenvalue weighted by Crippen LogP contribution is 2.41. The molecule has 12 aliphatic heterocycles. The summed E-state index contributed by atoms with van der Waals surface area (Å²) in [6.45, 7) is 68.5. The fourth-order valence-corrected chi connectivity index (χ4v) is 16.7. The van der Waals surface area contributed by atoms with Gasteiger partial charge in [0.25, 0.3) is 0 Å². The van der Waals surface area contributed by atoms with Crippen LogP contribution in [-0.2, 0) is 109 Å². The number of unbranched alkanes of at least 4 members (excludes halogenated alkanes) is 3. The second-order valence-corrected chi connectivity index (χ2v) is 42.9. The summed E-state index contributed by atoms with van der Waals surface area (Å²) in [5.41, 5.74) is 3.49. The highest BCUT2D eigenvalue weighted by Gasteiger charge is 2.46. The van der Waals surface area contributed by atoms with Gasteiger partial charge in [0.15, 0.2) is 0 Å². The Morgan fingerprint density at radius 2 is 0.457 bits per heavy atom. The first-order valence-electron chi connectivity index (χ1n) is 54.1. The summed E-state index contributed by atoms with van der Waals surface area (Å²) in [4.78, 5) is 0. The second-order valence-electron chi connectivity index (χ2n) is 42.9. The van der Waals surface area contributed by atoms with Gasteiger partial charge in [0.05, 0.1) is 302 Å². The van der Waals surface area contributed by atoms with E-state index in [2.05, 4.69) is 96.9 Å². The Morgan fingerprint density at radius 1 is 0.214 bits per heavy atom. The maximum Gasteiger partial charge on any atom is 0.119 e. The highest BCUT2D eigenvalue weighted by molar-refractivity contribution is 5.22. The summed E-state index contributed by atoms with van der Waals surface area (Å²) in [6, 6.07) is 29.7. The molecule has 3 aromatic carbocycles. The van der Waals surface area contributed by atoms with E-state index < -0.39 is 0 Å². The Bertz CT molecular complexity index is 3340. The third-order valence-electron chi connectivity index (χ3n) is 31.1. The Kier molecular flexibility index (Phi) is 57.6. The first-order chi connectivity index (χ1) is 68.1. The van der Waals surface area contributed by atoms with Crippen LogP contribution in [0.3, 0.4) is 0 Å². The number of aliphatic hydroxyl groups is 1. The molecule has 27 heteroatoms. The molecule has 12 aliphatic rings. The molecule has 1 N–H and O–H groups in total. The maximum atomic E-state index is 8.76. The van der Waals surface area contributed by atoms with Crippen LogP contribution < -0.4 is 14.2 Å². The molecule has 15 rings (SSSR count). The van der Waals surface area contributed by atoms with Crippen LogP contribution in [0, 0.1) is 65.0 Å². The van der Waals surface area contributed by atoms with E-state index in [0.29, 0.717) is 92.0 Å². The Balaban J connectivity index is 0.000000198. The molecule has 12 saturated heterocycles. The van der Waals surface area contributed by atoms with Gasteiger partial charge >= 0.3 is 0 Å². The van der Waals surface area contributed by atoms with Crippen LogP contribution in [0.15, 0.2) is 91.0 Å². The monoisotopic (exact) mass is 1980 g/mol. The van der Waals surface area contributed by atoms with E-state index in [9.17, 15) is 0 Å². The van der Waals surface area contributed by atoms with E-state index >= 15 is 0 Å². The van der Waals surface area contributed by atoms with Crippen molar-refractivity contribution in [1.82, 2.24) is 0 Å². The van der Waals surface area contributed by atoms with E-state index in [1.807, 2.05) is 91.0 Å². The van der Waals surface area contributed by atoms with Gasteiger partial charge < -0.3 is 128 Å². The molecule has 2 atom stereocenters. The lowest BCUT2D eigenvalue weighted by atomic mass is 9.78. The van der Waals surface area contributed by atoms with Crippen LogP contribution in [0.5, 0.6) is 17.2 Å². The SMILES string of the molecule is CCC1(CCCCOCCOCCOCC2(CC)COC2)COC1.CCC1(CO)COC1.CCC1(COCC(C)OCC(C)OCC2(CC)COC2)COC1.CCC1(COCC2(CC)COC2)COC1.CCC1(COCCCCCOCC2(CC)COC2)COC1.CCC1(COCCCOc2ccccc2)COC1.CCC1(COCCOc2ccccc2)COC1.CCC1(COc2ccccc2)COC1. The van der Waals surface area contributed by atoms with Crippen molar-refractivity contribution in [2.75, 3.05) is 317 Å². The summed E-state index contributed by atoms with van der Waals surface area (Å²) in [6.07, 6.45) is 21.8. The maximum absolute atomic E-state index is 8.76. The lowest BCUT2D eigenvalue weighted by molar-refractivity contribution is -0.187. The molecule has 12 fully saturated rings. The lowest BCUT2D eigenvalue weighted by Gasteiger charge is -2.44. The van der Waals surface area contributed by atoms with Crippen molar-refractivity contribution in [3.63, 3.8) is 0 Å². The number of aliphatic hydroxyl groups excluding tert-OH is 1. The standard InChI is InChI=1S/C19H36O5.C18H34O5.C17H32O4.C15H22O3.C14H20O3.C12H22O3.C12H16O2.C6H12O2/c1-3-18(13-23-14-18)7-5-6-8-20-9-10-21-11-12-22-15-19(4-2)16-24-17-19;1-5-17(10-20-11-17)9-19-7-15(3)22-8-16(4)23-14-18(6-2)12-21-13-18;1-3-16(12-20-13-16)10-18-8-6-5-7-9-19-11-17(4-2)14-21-15-17;1-2-15(12-17-13-15)11-16-9-6-10-18-14-7-4-3-5-8-14;1-2-14(11-16-12-14)10-15-8-9-17-13-6-4-3-5-7-13;1-3-11(5-13-6-11)9-15-10-12(4-2)7-14-8-12;1-2-12(8-13-9-12)10-14-11-6-4-3-5-7-11;1-2-6(3-7)4-8-5-6/h3-17H2,1-2H3;15-16H,5-14H2,1-4H3;3-15H2,1-2H3;3-5,7-8H,2,6,9-13H2,1H3;3-7H,2,8-12H2,1H3;3-10H2,1-2H3;3-7H,2,8-10H2,1H3;7H,2-5H2,1H3. The molecule has 12 heterocycles. The average Bonchev–Trinajstić information content (AvgIpc) is 0.806. The van der Waals surface area contributed by atoms with Crippen molar-refractivity contribution in [2.45, 2.75) is 231 Å². The van der Waals surface area contributed by atoms with Gasteiger partial charge in [0, 0.05) is 92.4 Å². The second kappa shape index (κ2) is 66.5. The highest BCUT2D eigenvalue weighted by atomic mass is 16.6. The molecule has 0 bridgehead atoms. The fourth-order valence-electron chi connectivity index (χ4n) is 16.7. The molecular weight excluding hydrogens is 1790 g/mol. The first-order valence-corrected chi connectivity index (χ1v) is 54.1. The van der Waals surface area contributed by atoms with Gasteiger partial charge in [-0.3, -0.25) is 0 Å². The van der Waals surface area contributed by atoms with Crippen molar-refractivity contribution >= 4 is 0 Å². The molecule has 0 aromatic heterocycles. The molecule has 0 radical (unpaired) electrons. The number of hydrogen-bond donors (Lipinski definition) is 1. The fraction of sp³-hybridized carbons (Fsp3) is 0.841. The normalized spacial score (nSPS) is 21.5. The number of para-hydroxylation sites is 3. The van der Waals surface area contributed by atoms with Crippen molar-refractivity contribution in [3.05, 3.63) is 91.0 Å². The van der Waals surface area contributed by atoms with E-state index in [1.165, 1.54) is 25.7 Å². The molecule has 0 amide bonds. The molecular formula is C113H194O27. The van der Waals surface area contributed by atoms with Gasteiger partial charge in [-0.1, -0.05) is 144 Å². The van der Waals surface area contributed by atoms with Crippen LogP contribution >= 0.6 is 0 Å². The summed E-state index contributed by atoms with van der Waals surface area (Å²) >= 11 is 0. The third-order valence-corrected chi connectivity index (χ3v) is 31.1. The number of hydrogen-bond acceptors (Lipinski definition) is 27. The van der Waals surface area contributed by atoms with Crippen molar-refractivity contribution in [3.8, 4) is 17.2 Å². The number of rotatable bonds is 66. The molecule has 27 nitrogen and oxygen atoms in total. The van der Waals surface area contributed by atoms with Gasteiger partial charge in [-0.2, -0.15) is 0 Å². The minimum Gasteiger partial charge on any atom is -0.494 e. The van der Waals surface area contributed by atoms with Crippen LogP contribution in [0.4, 0.5) is 0 Å². The van der Waals surface area contributed by atoms with Crippen LogP contribution in [-0.4, -0.2) is 334 Å². The predicted molar refractivity (Wildman–Crippen MR) is 546 cm³/mol. The van der Waals surface area contributed by atoms with Gasteiger partial charge in [0.2, 0.25) is 0 Å². The zero-order valence-corrected chi connectivity index (χ0v) is 89.8. The van der Waals surface area contributed by atoms with Gasteiger partial charge in [0.1, 0.15) is 23.9 Å². The van der Waals surface area contributed by atoms with E-state index in [1.54, 1.807) is 0 Å². The Labute approximate surface area is 845 Å². The molecule has 140 heavy (non-hydrogen) atoms. The number of benzene rings is 3. The van der Waals surface area contributed by atoms with E-state index in [4.69, 9.17) is 128 Å². The van der Waals surface area contributed by atoms with Crippen molar-refractivity contribution in [1.29, 1.82) is 0 Å². The van der Waals surface area contributed by atoms with Gasteiger partial charge in [-0.25, -0.2) is 0 Å². The Morgan fingerprint density at radius 3 is 0.764 bits per heavy atom. The third kappa shape index (κ3) is 42.3. The summed E-state index contributed by atoms with van der Waals surface area (Å²) in [7, 11) is 0. The average molecular weight is 1980 g/mol. The van der Waals surface area contributed by atoms with Crippen molar-refractivity contribution < 1.29 is 128 Å². The largest absolute Gasteiger partial charge is 0.494 e. The minimum absolute atomic E-state index is 0.0862. The van der Waals surface area contributed by atoms with Crippen LogP contribution in [0.25, 0.3) is 0 Å². The molecule has 0 spiro atoms. The Hall–Kier alpha value is -3.90. The molecule has 0 saturated carbocycles. The first kappa shape index (κ1) is 121. The zero-order chi connectivity index (χ0) is 100. The van der Waals surface area contributed by atoms with E-state index in [-0.39, 0.29) is 51.3 Å². The number of ether oxygens (including phenoxy) is 26. The lowest BCUT2D eigenvalue weighted by Crippen LogP contribution is -2.49. The van der Waals surface area contributed by atoms with Crippen molar-refractivity contribution in [2.24, 2.45) is 65.0 Å². The summed E-state index contributed by atoms with van der Waals surface area (Å²) in [5.74, 6) is 2.77. The van der Waals surface area contributed by atoms with E-state index in [0.717, 1.165) is 365 Å². The molecule has 0 aliphatic carbocycles. The van der Waals surface area contributed by atoms with Gasteiger partial charge in [-0.05, 0) is 159 Å². The van der Waals surface area contributed by atoms with Gasteiger partial charge in [-0.15, -0.1) is 0 Å². The zero-order valence-electron chi connectivity index (χ0n) is 89.8. The molecule has 3 aromatic rings. The van der Waals surface area contributed by atoms with Crippen LogP contribution in [0.1, 0.15) is 219 Å². The van der Waals surface area contributed by atoms with Crippen LogP contribution in [0.2, 0.25) is 0 Å². The summed E-state index contributed by atoms with van der Waals surface area (Å²) < 4.78 is 143. The topological polar surface area (TPSA) is 260 Å². The summed E-state index contributed by atoms with van der Waals surface area (Å²) in [5, 5.41) is 8.76.